The van der Waals surface area contributed by atoms with Gasteiger partial charge in [-0.1, -0.05) is 58.9 Å². The highest BCUT2D eigenvalue weighted by Gasteiger charge is 2.78. The lowest BCUT2D eigenvalue weighted by Gasteiger charge is -2.35. The summed E-state index contributed by atoms with van der Waals surface area (Å²) in [6, 6.07) is 15.1. The number of benzene rings is 2. The number of carbonyl (C=O) groups excluding carboxylic acids is 2. The second-order valence-electron chi connectivity index (χ2n) is 15.9. The summed E-state index contributed by atoms with van der Waals surface area (Å²) in [5.74, 6) is 2.39. The number of pyridine rings is 2. The Labute approximate surface area is 370 Å². The van der Waals surface area contributed by atoms with Crippen molar-refractivity contribution in [2.45, 2.75) is 33.4 Å². The molecule has 2 aliphatic carbocycles. The van der Waals surface area contributed by atoms with Crippen molar-refractivity contribution in [3.8, 4) is 0 Å². The predicted octanol–water partition coefficient (Wildman–Crippen LogP) is 8.51. The first-order chi connectivity index (χ1) is 28.8. The van der Waals surface area contributed by atoms with Crippen LogP contribution in [-0.2, 0) is 23.9 Å². The predicted molar refractivity (Wildman–Crippen MR) is 235 cm³/mol. The highest BCUT2D eigenvalue weighted by atomic mass is 35.5. The molecule has 0 bridgehead atoms. The molecule has 2 saturated heterocycles. The molecule has 4 aromatic rings. The summed E-state index contributed by atoms with van der Waals surface area (Å²) in [5, 5.41) is 1.49. The number of thioether (sulfide) groups is 4. The molecule has 0 radical (unpaired) electrons. The van der Waals surface area contributed by atoms with Crippen LogP contribution in [0.3, 0.4) is 0 Å². The maximum atomic E-state index is 15.0. The van der Waals surface area contributed by atoms with Gasteiger partial charge in [0.05, 0.1) is 10.0 Å². The number of ketones is 2. The van der Waals surface area contributed by atoms with E-state index >= 15 is 0 Å². The molecular weight excluding hydrogens is 896 g/mol. The molecule has 2 saturated carbocycles. The molecule has 4 fully saturated rings. The Morgan fingerprint density at radius 1 is 0.667 bits per heavy atom. The van der Waals surface area contributed by atoms with Gasteiger partial charge in [0.1, 0.15) is 47.4 Å². The third kappa shape index (κ3) is 6.95. The fraction of sp³-hybridized carbons (Fsp3) is 0.381. The quantitative estimate of drug-likeness (QED) is 0.118. The highest BCUT2D eigenvalue weighted by Crippen LogP contribution is 2.75. The lowest BCUT2D eigenvalue weighted by molar-refractivity contribution is 0.0980. The van der Waals surface area contributed by atoms with Crippen molar-refractivity contribution in [3.05, 3.63) is 128 Å². The van der Waals surface area contributed by atoms with Gasteiger partial charge in [0.25, 0.3) is 0 Å². The number of fused-ring (bicyclic) bond motifs is 2. The molecule has 6 heterocycles. The Morgan fingerprint density at radius 2 is 1.08 bits per heavy atom. The van der Waals surface area contributed by atoms with Crippen LogP contribution in [0.4, 0.5) is 17.6 Å². The minimum Gasteiger partial charge on any atom is -0.378 e. The second-order valence-corrected chi connectivity index (χ2v) is 21.6. The summed E-state index contributed by atoms with van der Waals surface area (Å²) < 4.78 is 58.9. The van der Waals surface area contributed by atoms with Crippen LogP contribution in [0, 0.1) is 35.3 Å². The van der Waals surface area contributed by atoms with Crippen LogP contribution in [-0.4, -0.2) is 77.7 Å². The molecule has 0 unspecified atom stereocenters. The number of hydrogen-bond donors (Lipinski definition) is 2. The van der Waals surface area contributed by atoms with Crippen LogP contribution in [0.5, 0.6) is 0 Å². The van der Waals surface area contributed by atoms with Gasteiger partial charge in [0, 0.05) is 69.2 Å². The van der Waals surface area contributed by atoms with Crippen molar-refractivity contribution in [1.29, 1.82) is 0 Å². The number of rotatable bonds is 10. The normalized spacial score (nSPS) is 31.6. The third-order valence-corrected chi connectivity index (χ3v) is 18.7. The van der Waals surface area contributed by atoms with Crippen LogP contribution in [0.1, 0.15) is 43.2 Å². The molecule has 4 aliphatic heterocycles. The Balaban J connectivity index is 0.000000154. The van der Waals surface area contributed by atoms with Crippen molar-refractivity contribution in [1.82, 2.24) is 9.97 Å². The first-order valence-corrected chi connectivity index (χ1v) is 23.7. The molecule has 8 nitrogen and oxygen atoms in total. The summed E-state index contributed by atoms with van der Waals surface area (Å²) in [4.78, 5) is 42.2. The SMILES string of the molecule is NC1=N[C@](CF)(c2cc(CC(=O)c3ccc(Cl)cn3)ccc2F)[C@@H]2[C@H]3CSC[C@]32S1.NC1=N[C@](CF)(c2cc(CC(=O)c3ccc(Cl)cn3)ccc2F)[C@H]2[C@@H]3CSC[C@@]32S1. The van der Waals surface area contributed by atoms with Crippen molar-refractivity contribution in [2.24, 2.45) is 45.1 Å². The van der Waals surface area contributed by atoms with E-state index in [1.807, 2.05) is 23.5 Å². The van der Waals surface area contributed by atoms with Gasteiger partial charge in [-0.05, 0) is 83.0 Å². The van der Waals surface area contributed by atoms with E-state index < -0.39 is 36.1 Å². The Kier molecular flexibility index (Phi) is 11.1. The van der Waals surface area contributed by atoms with E-state index in [4.69, 9.17) is 34.7 Å². The molecule has 60 heavy (non-hydrogen) atoms. The number of alkyl halides is 2. The molecule has 2 aromatic heterocycles. The summed E-state index contributed by atoms with van der Waals surface area (Å²) in [7, 11) is 0. The molecule has 2 spiro atoms. The lowest BCUT2D eigenvalue weighted by Crippen LogP contribution is -2.41. The minimum atomic E-state index is -1.33. The Morgan fingerprint density at radius 3 is 1.45 bits per heavy atom. The highest BCUT2D eigenvalue weighted by molar-refractivity contribution is 8.16. The zero-order valence-electron chi connectivity index (χ0n) is 31.6. The van der Waals surface area contributed by atoms with Crippen molar-refractivity contribution in [3.63, 3.8) is 0 Å². The topological polar surface area (TPSA) is 137 Å². The molecule has 6 aliphatic rings. The molecule has 0 amide bonds. The van der Waals surface area contributed by atoms with Gasteiger partial charge in [0.2, 0.25) is 0 Å². The maximum absolute atomic E-state index is 15.0. The summed E-state index contributed by atoms with van der Waals surface area (Å²) in [5.41, 5.74) is 11.6. The Hall–Kier alpha value is -3.28. The smallest absolute Gasteiger partial charge is 0.185 e. The maximum Gasteiger partial charge on any atom is 0.185 e. The number of amidine groups is 2. The second kappa shape index (κ2) is 15.8. The molecular formula is C42H36Cl2F4N6O2S4. The van der Waals surface area contributed by atoms with E-state index in [0.29, 0.717) is 31.5 Å². The van der Waals surface area contributed by atoms with Gasteiger partial charge in [-0.3, -0.25) is 19.6 Å². The van der Waals surface area contributed by atoms with Gasteiger partial charge in [-0.15, -0.1) is 0 Å². The van der Waals surface area contributed by atoms with Crippen LogP contribution < -0.4 is 11.5 Å². The fourth-order valence-corrected chi connectivity index (χ4v) is 17.1. The van der Waals surface area contributed by atoms with Gasteiger partial charge < -0.3 is 11.5 Å². The summed E-state index contributed by atoms with van der Waals surface area (Å²) in [6.07, 6.45) is 2.85. The lowest BCUT2D eigenvalue weighted by atomic mass is 9.83. The summed E-state index contributed by atoms with van der Waals surface area (Å²) in [6.45, 7) is -1.65. The number of carbonyl (C=O) groups is 2. The number of aromatic nitrogens is 2. The molecule has 8 atom stereocenters. The van der Waals surface area contributed by atoms with E-state index in [-0.39, 0.29) is 80.1 Å². The van der Waals surface area contributed by atoms with Crippen molar-refractivity contribution < 1.29 is 27.2 Å². The van der Waals surface area contributed by atoms with E-state index in [9.17, 15) is 27.2 Å². The van der Waals surface area contributed by atoms with Gasteiger partial charge in [-0.25, -0.2) is 27.5 Å². The molecule has 4 N–H and O–H groups in total. The number of hydrogen-bond acceptors (Lipinski definition) is 12. The van der Waals surface area contributed by atoms with Crippen LogP contribution in [0.25, 0.3) is 0 Å². The van der Waals surface area contributed by atoms with Crippen molar-refractivity contribution >= 4 is 92.2 Å². The monoisotopic (exact) mass is 930 g/mol. The van der Waals surface area contributed by atoms with E-state index in [0.717, 1.165) is 23.0 Å². The Bertz CT molecular complexity index is 2300. The largest absolute Gasteiger partial charge is 0.378 e. The fourth-order valence-electron chi connectivity index (χ4n) is 9.81. The number of aliphatic imine (C=N–C) groups is 2. The van der Waals surface area contributed by atoms with Gasteiger partial charge in [0.15, 0.2) is 21.9 Å². The third-order valence-electron chi connectivity index (χ3n) is 12.5. The summed E-state index contributed by atoms with van der Waals surface area (Å²) >= 11 is 18.3. The minimum absolute atomic E-state index is 0.0211. The van der Waals surface area contributed by atoms with E-state index in [2.05, 4.69) is 20.0 Å². The van der Waals surface area contributed by atoms with Crippen LogP contribution in [0.2, 0.25) is 10.0 Å². The molecule has 2 aromatic carbocycles. The standard InChI is InChI=1S/2C21H18ClF2N3OS2/c2*22-12-2-4-16(26-7-12)17(28)6-11-1-3-15(24)13(5-11)20(9-23)18-14-8-29-10-21(14,18)30-19(25)27-20/h2*1-5,7,14,18H,6,8-10H2,(H2,25,27)/t14-,18+,20+,21+;14-,18+,20-,21+/m01/s1. The zero-order valence-corrected chi connectivity index (χ0v) is 36.3. The first kappa shape index (κ1) is 42.0. The molecule has 10 rings (SSSR count). The number of halogens is 6. The van der Waals surface area contributed by atoms with Crippen LogP contribution >= 0.6 is 70.2 Å². The van der Waals surface area contributed by atoms with Crippen LogP contribution in [0.15, 0.2) is 83.0 Å². The molecule has 312 valence electrons. The van der Waals surface area contributed by atoms with Gasteiger partial charge in [-0.2, -0.15) is 23.5 Å². The van der Waals surface area contributed by atoms with Crippen molar-refractivity contribution in [2.75, 3.05) is 36.4 Å². The number of nitrogens with two attached hydrogens (primary N) is 2. The van der Waals surface area contributed by atoms with E-state index in [1.54, 1.807) is 48.5 Å². The average Bonchev–Trinajstić information content (AvgIpc) is 3.90. The van der Waals surface area contributed by atoms with E-state index in [1.165, 1.54) is 48.1 Å². The van der Waals surface area contributed by atoms with Gasteiger partial charge >= 0.3 is 0 Å². The molecule has 18 heteroatoms. The number of nitrogens with zero attached hydrogens (tertiary/aromatic N) is 4. The average molecular weight is 932 g/mol. The number of Topliss-reactive ketones (excluding diaryl/α,β-unsaturated/α-hetero) is 2. The zero-order chi connectivity index (χ0) is 42.2. The first-order valence-electron chi connectivity index (χ1n) is 19.0.